The van der Waals surface area contributed by atoms with Gasteiger partial charge in [0.2, 0.25) is 0 Å². The van der Waals surface area contributed by atoms with Crippen LogP contribution in [-0.2, 0) is 32.1 Å². The average molecular weight is 636 g/mol. The molecule has 4 aromatic rings. The Labute approximate surface area is 275 Å². The Morgan fingerprint density at radius 3 is 2.36 bits per heavy atom. The number of rotatable bonds is 9. The molecule has 0 bridgehead atoms. The Morgan fingerprint density at radius 2 is 1.64 bits per heavy atom. The molecule has 244 valence electrons. The molecular formula is C38H41N3O6. The maximum absolute atomic E-state index is 12.7. The molecule has 9 heteroatoms. The van der Waals surface area contributed by atoms with Gasteiger partial charge in [0, 0.05) is 63.4 Å². The second kappa shape index (κ2) is 14.4. The number of nitrogens with zero attached hydrogens (tertiary/aromatic N) is 2. The van der Waals surface area contributed by atoms with Crippen molar-refractivity contribution in [2.45, 2.75) is 56.7 Å². The van der Waals surface area contributed by atoms with E-state index in [1.807, 2.05) is 42.5 Å². The molecular weight excluding hydrogens is 594 g/mol. The van der Waals surface area contributed by atoms with Crippen LogP contribution in [0.5, 0.6) is 0 Å². The number of hydrogen-bond donors (Lipinski definition) is 2. The van der Waals surface area contributed by atoms with Crippen LogP contribution < -0.4 is 5.32 Å². The fraction of sp³-hybridized carbons (Fsp3) is 0.368. The standard InChI is InChI=1S/C38H41N3O6/c42-26-27-7-9-29(10-8-27)35-22-33(25-41-18-15-38(16-19-41)44-20-21-45-38)46-37(47-35)30-13-11-28(12-14-30)34-6-2-1-4-31(34)24-40-36(43)32-5-3-17-39-23-32/h1-14,17,23,33,35,37,42H,15-16,18-22,24-26H2,(H,40,43). The quantitative estimate of drug-likeness (QED) is 0.247. The van der Waals surface area contributed by atoms with Crippen molar-refractivity contribution in [3.05, 3.63) is 125 Å². The van der Waals surface area contributed by atoms with E-state index in [2.05, 4.69) is 45.5 Å². The van der Waals surface area contributed by atoms with Gasteiger partial charge in [-0.1, -0.05) is 72.8 Å². The zero-order valence-electron chi connectivity index (χ0n) is 26.4. The minimum atomic E-state index is -0.531. The predicted molar refractivity (Wildman–Crippen MR) is 176 cm³/mol. The molecule has 3 aromatic carbocycles. The lowest BCUT2D eigenvalue weighted by molar-refractivity contribution is -0.255. The van der Waals surface area contributed by atoms with Gasteiger partial charge >= 0.3 is 0 Å². The number of hydrogen-bond acceptors (Lipinski definition) is 8. The third-order valence-corrected chi connectivity index (χ3v) is 9.38. The van der Waals surface area contributed by atoms with Gasteiger partial charge in [-0.15, -0.1) is 0 Å². The van der Waals surface area contributed by atoms with Crippen molar-refractivity contribution in [1.29, 1.82) is 0 Å². The molecule has 0 radical (unpaired) electrons. The Balaban J connectivity index is 1.06. The van der Waals surface area contributed by atoms with E-state index in [4.69, 9.17) is 18.9 Å². The third kappa shape index (κ3) is 7.46. The Kier molecular flexibility index (Phi) is 9.71. The van der Waals surface area contributed by atoms with Gasteiger partial charge in [0.05, 0.1) is 37.6 Å². The third-order valence-electron chi connectivity index (χ3n) is 9.38. The normalized spacial score (nSPS) is 22.7. The van der Waals surface area contributed by atoms with E-state index >= 15 is 0 Å². The number of amides is 1. The van der Waals surface area contributed by atoms with E-state index in [-0.39, 0.29) is 24.7 Å². The van der Waals surface area contributed by atoms with Gasteiger partial charge in [-0.05, 0) is 39.9 Å². The number of aliphatic hydroxyl groups is 1. The number of nitrogens with one attached hydrogen (secondary N) is 1. The molecule has 1 spiro atoms. The molecule has 3 atom stereocenters. The molecule has 1 aromatic heterocycles. The number of carbonyl (C=O) groups excluding carboxylic acids is 1. The number of carbonyl (C=O) groups is 1. The highest BCUT2D eigenvalue weighted by molar-refractivity contribution is 5.93. The maximum atomic E-state index is 12.7. The molecule has 3 aliphatic rings. The number of likely N-dealkylation sites (tertiary alicyclic amines) is 1. The summed E-state index contributed by atoms with van der Waals surface area (Å²) in [5.41, 5.74) is 6.54. The molecule has 4 heterocycles. The highest BCUT2D eigenvalue weighted by Gasteiger charge is 2.41. The molecule has 0 saturated carbocycles. The van der Waals surface area contributed by atoms with Crippen molar-refractivity contribution in [3.8, 4) is 11.1 Å². The number of ether oxygens (including phenoxy) is 4. The van der Waals surface area contributed by atoms with Crippen LogP contribution in [0, 0.1) is 0 Å². The summed E-state index contributed by atoms with van der Waals surface area (Å²) in [5.74, 6) is -0.563. The molecule has 2 N–H and O–H groups in total. The van der Waals surface area contributed by atoms with Crippen LogP contribution in [0.25, 0.3) is 11.1 Å². The van der Waals surface area contributed by atoms with Gasteiger partial charge in [-0.3, -0.25) is 9.78 Å². The zero-order chi connectivity index (χ0) is 32.1. The van der Waals surface area contributed by atoms with Crippen molar-refractivity contribution in [3.63, 3.8) is 0 Å². The van der Waals surface area contributed by atoms with Crippen molar-refractivity contribution in [2.24, 2.45) is 0 Å². The van der Waals surface area contributed by atoms with Gasteiger partial charge in [0.25, 0.3) is 5.91 Å². The summed E-state index contributed by atoms with van der Waals surface area (Å²) in [7, 11) is 0. The second-order valence-electron chi connectivity index (χ2n) is 12.5. The van der Waals surface area contributed by atoms with Crippen LogP contribution in [0.1, 0.15) is 64.3 Å². The average Bonchev–Trinajstić information content (AvgIpc) is 3.60. The van der Waals surface area contributed by atoms with Crippen LogP contribution in [0.3, 0.4) is 0 Å². The molecule has 3 aliphatic heterocycles. The van der Waals surface area contributed by atoms with Crippen molar-refractivity contribution in [2.75, 3.05) is 32.8 Å². The first-order chi connectivity index (χ1) is 23.1. The summed E-state index contributed by atoms with van der Waals surface area (Å²) < 4.78 is 25.1. The van der Waals surface area contributed by atoms with E-state index in [0.29, 0.717) is 25.3 Å². The Hall–Kier alpha value is -3.96. The smallest absolute Gasteiger partial charge is 0.253 e. The number of aliphatic hydroxyl groups excluding tert-OH is 1. The summed E-state index contributed by atoms with van der Waals surface area (Å²) in [6, 6.07) is 27.9. The number of piperidine rings is 1. The Bertz CT molecular complexity index is 1620. The summed E-state index contributed by atoms with van der Waals surface area (Å²) in [6.07, 6.45) is 4.98. The first-order valence-corrected chi connectivity index (χ1v) is 16.4. The molecule has 7 rings (SSSR count). The van der Waals surface area contributed by atoms with Crippen LogP contribution >= 0.6 is 0 Å². The molecule has 9 nitrogen and oxygen atoms in total. The summed E-state index contributed by atoms with van der Waals surface area (Å²) in [5, 5.41) is 12.6. The summed E-state index contributed by atoms with van der Waals surface area (Å²) in [4.78, 5) is 19.1. The lowest BCUT2D eigenvalue weighted by atomic mass is 9.97. The fourth-order valence-electron chi connectivity index (χ4n) is 6.73. The monoisotopic (exact) mass is 635 g/mol. The SMILES string of the molecule is O=C(NCc1ccccc1-c1ccc(C2OC(CN3CCC4(CC3)OCCO4)CC(c3ccc(CO)cc3)O2)cc1)c1cccnc1. The van der Waals surface area contributed by atoms with Gasteiger partial charge in [-0.2, -0.15) is 0 Å². The van der Waals surface area contributed by atoms with E-state index < -0.39 is 12.1 Å². The molecule has 3 fully saturated rings. The van der Waals surface area contributed by atoms with Crippen molar-refractivity contribution in [1.82, 2.24) is 15.2 Å². The van der Waals surface area contributed by atoms with Crippen LogP contribution in [0.4, 0.5) is 0 Å². The number of aromatic nitrogens is 1. The maximum Gasteiger partial charge on any atom is 0.253 e. The van der Waals surface area contributed by atoms with Gasteiger partial charge in [0.1, 0.15) is 0 Å². The van der Waals surface area contributed by atoms with Gasteiger partial charge in [-0.25, -0.2) is 0 Å². The fourth-order valence-corrected chi connectivity index (χ4v) is 6.73. The first-order valence-electron chi connectivity index (χ1n) is 16.4. The topological polar surface area (TPSA) is 102 Å². The summed E-state index contributed by atoms with van der Waals surface area (Å²) >= 11 is 0. The van der Waals surface area contributed by atoms with E-state index in [1.165, 1.54) is 0 Å². The highest BCUT2D eigenvalue weighted by atomic mass is 16.7. The lowest BCUT2D eigenvalue weighted by Gasteiger charge is -2.41. The van der Waals surface area contributed by atoms with E-state index in [0.717, 1.165) is 72.3 Å². The number of benzene rings is 3. The van der Waals surface area contributed by atoms with Crippen LogP contribution in [0.2, 0.25) is 0 Å². The summed E-state index contributed by atoms with van der Waals surface area (Å²) in [6.45, 7) is 4.36. The molecule has 3 unspecified atom stereocenters. The Morgan fingerprint density at radius 1 is 0.894 bits per heavy atom. The zero-order valence-corrected chi connectivity index (χ0v) is 26.4. The molecule has 1 amide bonds. The minimum absolute atomic E-state index is 0.0103. The van der Waals surface area contributed by atoms with Crippen LogP contribution in [0.15, 0.2) is 97.3 Å². The van der Waals surface area contributed by atoms with Crippen molar-refractivity contribution >= 4 is 5.91 Å². The minimum Gasteiger partial charge on any atom is -0.392 e. The predicted octanol–water partition coefficient (Wildman–Crippen LogP) is 5.56. The largest absolute Gasteiger partial charge is 0.392 e. The number of pyridine rings is 1. The van der Waals surface area contributed by atoms with E-state index in [9.17, 15) is 9.90 Å². The first kappa shape index (κ1) is 31.6. The van der Waals surface area contributed by atoms with Crippen molar-refractivity contribution < 1.29 is 28.8 Å². The molecule has 47 heavy (non-hydrogen) atoms. The lowest BCUT2D eigenvalue weighted by Crippen LogP contribution is -2.48. The van der Waals surface area contributed by atoms with Crippen LogP contribution in [-0.4, -0.2) is 65.6 Å². The van der Waals surface area contributed by atoms with E-state index in [1.54, 1.807) is 24.5 Å². The van der Waals surface area contributed by atoms with Gasteiger partial charge in [0.15, 0.2) is 12.1 Å². The van der Waals surface area contributed by atoms with Gasteiger partial charge < -0.3 is 34.3 Å². The highest BCUT2D eigenvalue weighted by Crippen LogP contribution is 2.39. The second-order valence-corrected chi connectivity index (χ2v) is 12.5. The molecule has 0 aliphatic carbocycles. The molecule has 3 saturated heterocycles.